The van der Waals surface area contributed by atoms with Crippen molar-refractivity contribution in [2.75, 3.05) is 23.8 Å². The molecule has 2 saturated carbocycles. The van der Waals surface area contributed by atoms with Gasteiger partial charge < -0.3 is 20.1 Å². The smallest absolute Gasteiger partial charge is 0.244 e. The topological polar surface area (TPSA) is 195 Å². The summed E-state index contributed by atoms with van der Waals surface area (Å²) in [6, 6.07) is 5.61. The second-order valence-corrected chi connectivity index (χ2v) is 17.4. The Morgan fingerprint density at radius 1 is 0.689 bits per heavy atom. The number of hydrogen-bond acceptors (Lipinski definition) is 10. The highest BCUT2D eigenvalue weighted by atomic mass is 35.5. The third-order valence-electron chi connectivity index (χ3n) is 8.99. The van der Waals surface area contributed by atoms with Gasteiger partial charge in [0, 0.05) is 12.1 Å². The number of rotatable bonds is 3. The molecule has 13 nitrogen and oxygen atoms in total. The van der Waals surface area contributed by atoms with E-state index >= 15 is 0 Å². The quantitative estimate of drug-likeness (QED) is 0.315. The van der Waals surface area contributed by atoms with Gasteiger partial charge in [-0.2, -0.15) is 9.44 Å². The Kier molecular flexibility index (Phi) is 9.19. The molecular formula is C28H38ClN5O8S3. The number of halogens is 1. The van der Waals surface area contributed by atoms with Gasteiger partial charge in [0.05, 0.1) is 28.7 Å². The fourth-order valence-corrected chi connectivity index (χ4v) is 10.7. The summed E-state index contributed by atoms with van der Waals surface area (Å²) in [5.41, 5.74) is 0.912. The van der Waals surface area contributed by atoms with Gasteiger partial charge >= 0.3 is 0 Å². The molecule has 0 bridgehead atoms. The van der Waals surface area contributed by atoms with Crippen LogP contribution in [0.5, 0.6) is 11.5 Å². The largest absolute Gasteiger partial charge is 0.486 e. The Morgan fingerprint density at radius 2 is 1.13 bits per heavy atom. The SMILES string of the molecule is NS(=O)(=O)c1cc2c(cc1Cl)NC(C1CCCCC1)NS2(=O)=O.O=S1(=O)NC(C2CCCCC2)Nc2cc3c(cc21)OCCO3. The molecule has 3 aliphatic heterocycles. The predicted octanol–water partition coefficient (Wildman–Crippen LogP) is 3.67. The van der Waals surface area contributed by atoms with E-state index in [0.717, 1.165) is 51.0 Å². The zero-order valence-electron chi connectivity index (χ0n) is 24.6. The molecule has 2 fully saturated rings. The zero-order valence-corrected chi connectivity index (χ0v) is 27.8. The molecule has 7 rings (SSSR count). The van der Waals surface area contributed by atoms with Crippen LogP contribution in [0.2, 0.25) is 5.02 Å². The van der Waals surface area contributed by atoms with Crippen LogP contribution in [0.15, 0.2) is 39.0 Å². The van der Waals surface area contributed by atoms with Crippen molar-refractivity contribution in [3.8, 4) is 11.5 Å². The van der Waals surface area contributed by atoms with Crippen LogP contribution in [-0.2, 0) is 30.1 Å². The maximum absolute atomic E-state index is 12.6. The number of nitrogens with one attached hydrogen (secondary N) is 4. The first-order valence-electron chi connectivity index (χ1n) is 15.2. The summed E-state index contributed by atoms with van der Waals surface area (Å²) in [6.07, 6.45) is 10.2. The third-order valence-corrected chi connectivity index (χ3v) is 13.3. The van der Waals surface area contributed by atoms with Crippen molar-refractivity contribution >= 4 is 53.0 Å². The molecule has 2 unspecified atom stereocenters. The van der Waals surface area contributed by atoms with Crippen molar-refractivity contribution in [3.63, 3.8) is 0 Å². The van der Waals surface area contributed by atoms with Crippen molar-refractivity contribution in [2.24, 2.45) is 17.0 Å². The average Bonchev–Trinajstić information content (AvgIpc) is 3.00. The Balaban J connectivity index is 0.000000159. The number of sulfonamides is 3. The van der Waals surface area contributed by atoms with Crippen molar-refractivity contribution < 1.29 is 34.7 Å². The van der Waals surface area contributed by atoms with Crippen molar-refractivity contribution in [1.82, 2.24) is 9.44 Å². The highest BCUT2D eigenvalue weighted by Gasteiger charge is 2.37. The number of hydrogen-bond donors (Lipinski definition) is 5. The van der Waals surface area contributed by atoms with E-state index in [0.29, 0.717) is 42.0 Å². The minimum atomic E-state index is -4.10. The second-order valence-electron chi connectivity index (χ2n) is 12.1. The molecule has 3 heterocycles. The molecule has 0 amide bonds. The Labute approximate surface area is 269 Å². The van der Waals surface area contributed by atoms with E-state index < -0.39 is 41.1 Å². The van der Waals surface area contributed by atoms with Gasteiger partial charge in [0.15, 0.2) is 11.5 Å². The van der Waals surface area contributed by atoms with Crippen molar-refractivity contribution in [1.29, 1.82) is 0 Å². The lowest BCUT2D eigenvalue weighted by atomic mass is 9.87. The molecule has 0 aromatic heterocycles. The number of fused-ring (bicyclic) bond motifs is 3. The summed E-state index contributed by atoms with van der Waals surface area (Å²) >= 11 is 5.96. The molecule has 0 spiro atoms. The van der Waals surface area contributed by atoms with Crippen LogP contribution >= 0.6 is 11.6 Å². The number of nitrogens with two attached hydrogens (primary N) is 1. The number of anilines is 2. The molecule has 2 aliphatic carbocycles. The van der Waals surface area contributed by atoms with E-state index in [2.05, 4.69) is 20.1 Å². The van der Waals surface area contributed by atoms with Gasteiger partial charge in [-0.1, -0.05) is 50.1 Å². The monoisotopic (exact) mass is 703 g/mol. The minimum absolute atomic E-state index is 0.0988. The Morgan fingerprint density at radius 3 is 1.62 bits per heavy atom. The second kappa shape index (κ2) is 12.7. The Hall–Kier alpha value is -2.34. The van der Waals surface area contributed by atoms with Crippen molar-refractivity contribution in [3.05, 3.63) is 29.3 Å². The first-order valence-corrected chi connectivity index (χ1v) is 20.1. The van der Waals surface area contributed by atoms with Gasteiger partial charge in [-0.05, 0) is 49.7 Å². The van der Waals surface area contributed by atoms with Gasteiger partial charge in [0.25, 0.3) is 0 Å². The average molecular weight is 704 g/mol. The van der Waals surface area contributed by atoms with Crippen LogP contribution in [0, 0.1) is 11.8 Å². The lowest BCUT2D eigenvalue weighted by Gasteiger charge is -2.36. The molecule has 17 heteroatoms. The first kappa shape index (κ1) is 32.6. The summed E-state index contributed by atoms with van der Waals surface area (Å²) < 4.78 is 89.6. The van der Waals surface area contributed by atoms with E-state index in [-0.39, 0.29) is 26.9 Å². The highest BCUT2D eigenvalue weighted by molar-refractivity contribution is 7.90. The summed E-state index contributed by atoms with van der Waals surface area (Å²) in [7, 11) is -11.5. The minimum Gasteiger partial charge on any atom is -0.486 e. The lowest BCUT2D eigenvalue weighted by molar-refractivity contribution is 0.171. The van der Waals surface area contributed by atoms with Gasteiger partial charge in [-0.3, -0.25) is 0 Å². The molecule has 0 radical (unpaired) electrons. The number of primary sulfonamides is 1. The molecule has 6 N–H and O–H groups in total. The standard InChI is InChI=1S/C15H20N2O4S.C13H18ClN3O4S2/c18-22(19)14-9-13-12(20-6-7-21-13)8-11(14)16-15(17-22)10-4-2-1-3-5-10;14-9-6-10-12(7-11(9)22(15,18)19)23(20,21)17-13(16-10)8-4-2-1-3-5-8/h8-10,15-17H,1-7H2;6-8,13,16-17H,1-5H2,(H2,15,18,19). The van der Waals surface area contributed by atoms with Crippen LogP contribution in [0.25, 0.3) is 0 Å². The van der Waals surface area contributed by atoms with Crippen LogP contribution in [-0.4, -0.2) is 50.8 Å². The summed E-state index contributed by atoms with van der Waals surface area (Å²) in [5, 5.41) is 11.5. The number of ether oxygens (including phenoxy) is 2. The summed E-state index contributed by atoms with van der Waals surface area (Å²) in [4.78, 5) is -0.317. The van der Waals surface area contributed by atoms with E-state index in [4.69, 9.17) is 26.2 Å². The maximum Gasteiger partial charge on any atom is 0.244 e. The molecule has 2 aromatic carbocycles. The van der Waals surface area contributed by atoms with Crippen LogP contribution in [0.1, 0.15) is 64.2 Å². The molecular weight excluding hydrogens is 666 g/mol. The van der Waals surface area contributed by atoms with E-state index in [9.17, 15) is 25.3 Å². The van der Waals surface area contributed by atoms with E-state index in [1.807, 2.05) is 0 Å². The van der Waals surface area contributed by atoms with Crippen LogP contribution < -0.4 is 34.7 Å². The van der Waals surface area contributed by atoms with Gasteiger partial charge in [-0.25, -0.2) is 30.4 Å². The fraction of sp³-hybridized carbons (Fsp3) is 0.571. The molecule has 45 heavy (non-hydrogen) atoms. The van der Waals surface area contributed by atoms with Gasteiger partial charge in [0.2, 0.25) is 30.1 Å². The zero-order chi connectivity index (χ0) is 32.0. The van der Waals surface area contributed by atoms with Crippen LogP contribution in [0.4, 0.5) is 11.4 Å². The van der Waals surface area contributed by atoms with Crippen LogP contribution in [0.3, 0.4) is 0 Å². The maximum atomic E-state index is 12.6. The number of benzene rings is 2. The third kappa shape index (κ3) is 7.01. The molecule has 248 valence electrons. The Bertz CT molecular complexity index is 1780. The summed E-state index contributed by atoms with van der Waals surface area (Å²) in [6.45, 7) is 0.931. The molecule has 2 atom stereocenters. The van der Waals surface area contributed by atoms with Crippen molar-refractivity contribution in [2.45, 2.75) is 91.2 Å². The van der Waals surface area contributed by atoms with E-state index in [1.54, 1.807) is 12.1 Å². The highest BCUT2D eigenvalue weighted by Crippen LogP contribution is 2.41. The van der Waals surface area contributed by atoms with Gasteiger partial charge in [-0.15, -0.1) is 0 Å². The molecule has 5 aliphatic rings. The normalized spacial score (nSPS) is 25.7. The molecule has 0 saturated heterocycles. The van der Waals surface area contributed by atoms with E-state index in [1.165, 1.54) is 25.3 Å². The molecule has 2 aromatic rings. The first-order chi connectivity index (χ1) is 21.3. The fourth-order valence-electron chi connectivity index (χ4n) is 6.71. The van der Waals surface area contributed by atoms with Gasteiger partial charge in [0.1, 0.15) is 27.9 Å². The summed E-state index contributed by atoms with van der Waals surface area (Å²) in [5.74, 6) is 1.64. The predicted molar refractivity (Wildman–Crippen MR) is 169 cm³/mol. The lowest BCUT2D eigenvalue weighted by Crippen LogP contribution is -2.49.